The quantitative estimate of drug-likeness (QED) is 0.421. The van der Waals surface area contributed by atoms with Gasteiger partial charge in [0.25, 0.3) is 0 Å². The summed E-state index contributed by atoms with van der Waals surface area (Å²) in [5, 5.41) is 0. The average molecular weight is 490 g/mol. The van der Waals surface area contributed by atoms with Crippen molar-refractivity contribution in [2.45, 2.75) is 4.83 Å². The molecule has 0 aliphatic rings. The fraction of sp³-hybridized carbons (Fsp3) is 0.0909. The monoisotopic (exact) mass is 486 g/mol. The van der Waals surface area contributed by atoms with Crippen molar-refractivity contribution in [1.82, 2.24) is 0 Å². The van der Waals surface area contributed by atoms with Gasteiger partial charge in [0, 0.05) is 13.8 Å². The van der Waals surface area contributed by atoms with E-state index in [-0.39, 0.29) is 4.83 Å². The Hall–Kier alpha value is 0.840. The highest BCUT2D eigenvalue weighted by atomic mass is 79.9. The van der Waals surface area contributed by atoms with Gasteiger partial charge in [0.1, 0.15) is 0 Å². The predicted molar refractivity (Wildman–Crippen MR) is 84.6 cm³/mol. The van der Waals surface area contributed by atoms with E-state index in [1.165, 1.54) is 10.4 Å². The van der Waals surface area contributed by atoms with Crippen molar-refractivity contribution < 1.29 is 0 Å². The van der Waals surface area contributed by atoms with E-state index in [2.05, 4.69) is 94.1 Å². The van der Waals surface area contributed by atoms with Crippen LogP contribution in [0.3, 0.4) is 0 Å². The number of rotatable bonds is 2. The number of thiophene rings is 1. The van der Waals surface area contributed by atoms with E-state index in [4.69, 9.17) is 0 Å². The first-order chi connectivity index (χ1) is 7.58. The fourth-order valence-corrected chi connectivity index (χ4v) is 4.36. The Morgan fingerprint density at radius 3 is 2.12 bits per heavy atom. The molecule has 2 rings (SSSR count). The molecule has 0 fully saturated rings. The summed E-state index contributed by atoms with van der Waals surface area (Å²) >= 11 is 15.9. The van der Waals surface area contributed by atoms with E-state index in [0.29, 0.717) is 0 Å². The van der Waals surface area contributed by atoms with Gasteiger partial charge in [-0.2, -0.15) is 0 Å². The van der Waals surface area contributed by atoms with Gasteiger partial charge in [-0.05, 0) is 55.6 Å². The second-order valence-electron chi connectivity index (χ2n) is 3.18. The van der Waals surface area contributed by atoms with Gasteiger partial charge in [-0.3, -0.25) is 0 Å². The smallest absolute Gasteiger partial charge is 0.0843 e. The van der Waals surface area contributed by atoms with E-state index in [9.17, 15) is 0 Å². The van der Waals surface area contributed by atoms with Crippen molar-refractivity contribution in [3.63, 3.8) is 0 Å². The normalized spacial score (nSPS) is 12.8. The SMILES string of the molecule is Brc1ccc(C(Br)c2cc(Br)c(Br)s2)cc1. The number of hydrogen-bond acceptors (Lipinski definition) is 1. The van der Waals surface area contributed by atoms with Crippen LogP contribution in [0, 0.1) is 0 Å². The maximum atomic E-state index is 3.72. The Bertz CT molecular complexity index is 470. The summed E-state index contributed by atoms with van der Waals surface area (Å²) in [7, 11) is 0. The minimum absolute atomic E-state index is 0.244. The molecule has 0 amide bonds. The van der Waals surface area contributed by atoms with Crippen molar-refractivity contribution in [1.29, 1.82) is 0 Å². The predicted octanol–water partition coefficient (Wildman–Crippen LogP) is 6.52. The van der Waals surface area contributed by atoms with Crippen LogP contribution in [0.5, 0.6) is 0 Å². The van der Waals surface area contributed by atoms with Gasteiger partial charge in [0.05, 0.1) is 8.61 Å². The second-order valence-corrected chi connectivity index (χ2v) is 8.27. The summed E-state index contributed by atoms with van der Waals surface area (Å²) < 4.78 is 3.34. The first kappa shape index (κ1) is 13.3. The van der Waals surface area contributed by atoms with Gasteiger partial charge in [-0.15, -0.1) is 11.3 Å². The topological polar surface area (TPSA) is 0 Å². The Morgan fingerprint density at radius 2 is 1.62 bits per heavy atom. The molecule has 0 aliphatic heterocycles. The van der Waals surface area contributed by atoms with E-state index in [1.54, 1.807) is 11.3 Å². The van der Waals surface area contributed by atoms with Gasteiger partial charge in [-0.25, -0.2) is 0 Å². The molecular weight excluding hydrogens is 484 g/mol. The summed E-state index contributed by atoms with van der Waals surface area (Å²) in [4.78, 5) is 1.52. The van der Waals surface area contributed by atoms with Gasteiger partial charge in [0.15, 0.2) is 0 Å². The van der Waals surface area contributed by atoms with E-state index in [1.807, 2.05) is 0 Å². The van der Waals surface area contributed by atoms with Crippen molar-refractivity contribution >= 4 is 75.1 Å². The molecule has 1 aromatic heterocycles. The first-order valence-corrected chi connectivity index (χ1v) is 8.53. The molecular formula is C11H6Br4S. The lowest BCUT2D eigenvalue weighted by molar-refractivity contribution is 1.22. The molecule has 1 aromatic carbocycles. The molecule has 16 heavy (non-hydrogen) atoms. The van der Waals surface area contributed by atoms with Crippen LogP contribution in [0.1, 0.15) is 15.3 Å². The molecule has 1 unspecified atom stereocenters. The molecule has 84 valence electrons. The molecule has 0 bridgehead atoms. The lowest BCUT2D eigenvalue weighted by atomic mass is 10.1. The van der Waals surface area contributed by atoms with Crippen molar-refractivity contribution in [3.05, 3.63) is 53.5 Å². The van der Waals surface area contributed by atoms with Crippen LogP contribution in [0.15, 0.2) is 43.1 Å². The summed E-state index contributed by atoms with van der Waals surface area (Å²) in [6, 6.07) is 10.5. The third kappa shape index (κ3) is 2.99. The van der Waals surface area contributed by atoms with Gasteiger partial charge >= 0.3 is 0 Å². The van der Waals surface area contributed by atoms with Crippen LogP contribution < -0.4 is 0 Å². The zero-order valence-corrected chi connectivity index (χ0v) is 15.0. The number of benzene rings is 1. The minimum atomic E-state index is 0.244. The highest BCUT2D eigenvalue weighted by Gasteiger charge is 2.14. The molecule has 0 saturated carbocycles. The van der Waals surface area contributed by atoms with Crippen LogP contribution in [0.2, 0.25) is 0 Å². The van der Waals surface area contributed by atoms with Crippen LogP contribution in [0.4, 0.5) is 0 Å². The Morgan fingerprint density at radius 1 is 1.00 bits per heavy atom. The third-order valence-corrected chi connectivity index (χ3v) is 7.25. The molecule has 0 N–H and O–H groups in total. The third-order valence-electron chi connectivity index (χ3n) is 2.08. The molecule has 1 atom stereocenters. The maximum absolute atomic E-state index is 3.72. The summed E-state index contributed by atoms with van der Waals surface area (Å²) in [6.07, 6.45) is 0. The Labute approximate surface area is 132 Å². The van der Waals surface area contributed by atoms with E-state index >= 15 is 0 Å². The van der Waals surface area contributed by atoms with Crippen LogP contribution in [-0.2, 0) is 0 Å². The molecule has 0 spiro atoms. The van der Waals surface area contributed by atoms with Gasteiger partial charge < -0.3 is 0 Å². The first-order valence-electron chi connectivity index (χ1n) is 4.42. The standard InChI is InChI=1S/C11H6Br4S/c12-7-3-1-6(2-4-7)10(14)9-5-8(13)11(15)16-9/h1-5,10H. The lowest BCUT2D eigenvalue weighted by Crippen LogP contribution is -1.88. The Balaban J connectivity index is 2.31. The molecule has 0 nitrogen and oxygen atoms in total. The number of halogens is 4. The maximum Gasteiger partial charge on any atom is 0.0843 e. The van der Waals surface area contributed by atoms with Gasteiger partial charge in [0.2, 0.25) is 0 Å². The number of alkyl halides is 1. The largest absolute Gasteiger partial charge is 0.131 e. The lowest BCUT2D eigenvalue weighted by Gasteiger charge is -2.07. The van der Waals surface area contributed by atoms with Gasteiger partial charge in [-0.1, -0.05) is 44.0 Å². The van der Waals surface area contributed by atoms with Crippen molar-refractivity contribution in [3.8, 4) is 0 Å². The zero-order valence-electron chi connectivity index (χ0n) is 7.88. The van der Waals surface area contributed by atoms with Crippen LogP contribution >= 0.6 is 75.1 Å². The summed E-state index contributed by atoms with van der Waals surface area (Å²) in [5.41, 5.74) is 1.25. The molecule has 5 heteroatoms. The fourth-order valence-electron chi connectivity index (χ4n) is 1.28. The molecule has 0 aliphatic carbocycles. The minimum Gasteiger partial charge on any atom is -0.131 e. The molecule has 2 aromatic rings. The summed E-state index contributed by atoms with van der Waals surface area (Å²) in [6.45, 7) is 0. The highest BCUT2D eigenvalue weighted by molar-refractivity contribution is 9.13. The average Bonchev–Trinajstić information content (AvgIpc) is 2.59. The van der Waals surface area contributed by atoms with Crippen LogP contribution in [0.25, 0.3) is 0 Å². The van der Waals surface area contributed by atoms with Crippen molar-refractivity contribution in [2.24, 2.45) is 0 Å². The second kappa shape index (κ2) is 5.65. The van der Waals surface area contributed by atoms with E-state index in [0.717, 1.165) is 12.7 Å². The molecule has 0 saturated heterocycles. The molecule has 1 heterocycles. The highest BCUT2D eigenvalue weighted by Crippen LogP contribution is 2.41. The zero-order chi connectivity index (χ0) is 11.7. The number of hydrogen-bond donors (Lipinski definition) is 0. The van der Waals surface area contributed by atoms with E-state index < -0.39 is 0 Å². The Kier molecular flexibility index (Phi) is 4.69. The van der Waals surface area contributed by atoms with Crippen molar-refractivity contribution in [2.75, 3.05) is 0 Å². The van der Waals surface area contributed by atoms with Crippen LogP contribution in [-0.4, -0.2) is 0 Å². The molecule has 0 radical (unpaired) electrons. The summed E-state index contributed by atoms with van der Waals surface area (Å²) in [5.74, 6) is 0.